The van der Waals surface area contributed by atoms with Crippen LogP contribution >= 0.6 is 0 Å². The van der Waals surface area contributed by atoms with Crippen molar-refractivity contribution in [3.05, 3.63) is 29.8 Å². The number of para-hydroxylation sites is 1. The first kappa shape index (κ1) is 18.8. The quantitative estimate of drug-likeness (QED) is 0.763. The average Bonchev–Trinajstić information content (AvgIpc) is 2.92. The van der Waals surface area contributed by atoms with Gasteiger partial charge in [-0.15, -0.1) is 0 Å². The Labute approximate surface area is 146 Å². The largest absolute Gasteiger partial charge is 0.481 e. The summed E-state index contributed by atoms with van der Waals surface area (Å²) in [6.45, 7) is 13.5. The highest BCUT2D eigenvalue weighted by Crippen LogP contribution is 2.44. The predicted molar refractivity (Wildman–Crippen MR) is 100 cm³/mol. The van der Waals surface area contributed by atoms with Gasteiger partial charge in [-0.1, -0.05) is 66.2 Å². The highest BCUT2D eigenvalue weighted by molar-refractivity contribution is 5.73. The molecule has 134 valence electrons. The molecule has 1 aliphatic rings. The van der Waals surface area contributed by atoms with Crippen molar-refractivity contribution in [2.24, 2.45) is 16.7 Å². The van der Waals surface area contributed by atoms with Gasteiger partial charge in [0.1, 0.15) is 0 Å². The summed E-state index contributed by atoms with van der Waals surface area (Å²) in [5.41, 5.74) is 2.48. The topological polar surface area (TPSA) is 49.3 Å². The minimum atomic E-state index is -0.657. The molecule has 0 saturated heterocycles. The minimum Gasteiger partial charge on any atom is -0.481 e. The highest BCUT2D eigenvalue weighted by atomic mass is 16.4. The van der Waals surface area contributed by atoms with Crippen LogP contribution in [0.15, 0.2) is 24.3 Å². The van der Waals surface area contributed by atoms with Crippen molar-refractivity contribution in [1.29, 1.82) is 0 Å². The van der Waals surface area contributed by atoms with Crippen LogP contribution < -0.4 is 5.32 Å². The van der Waals surface area contributed by atoms with Gasteiger partial charge in [-0.3, -0.25) is 4.79 Å². The minimum absolute atomic E-state index is 0.104. The molecule has 1 aliphatic carbocycles. The number of anilines is 1. The van der Waals surface area contributed by atoms with Crippen molar-refractivity contribution in [1.82, 2.24) is 0 Å². The number of rotatable bonds is 4. The molecule has 0 spiro atoms. The first-order valence-electron chi connectivity index (χ1n) is 9.10. The van der Waals surface area contributed by atoms with Gasteiger partial charge >= 0.3 is 5.97 Å². The lowest BCUT2D eigenvalue weighted by Gasteiger charge is -2.42. The summed E-state index contributed by atoms with van der Waals surface area (Å²) in [4.78, 5) is 11.6. The normalized spacial score (nSPS) is 22.0. The maximum Gasteiger partial charge on any atom is 0.307 e. The van der Waals surface area contributed by atoms with Gasteiger partial charge in [0.2, 0.25) is 0 Å². The molecule has 2 rings (SSSR count). The molecule has 0 unspecified atom stereocenters. The summed E-state index contributed by atoms with van der Waals surface area (Å²) in [6.07, 6.45) is 2.75. The van der Waals surface area contributed by atoms with E-state index in [9.17, 15) is 9.90 Å². The lowest BCUT2D eigenvalue weighted by Crippen LogP contribution is -2.44. The molecule has 24 heavy (non-hydrogen) atoms. The van der Waals surface area contributed by atoms with Gasteiger partial charge in [0, 0.05) is 11.7 Å². The van der Waals surface area contributed by atoms with Crippen LogP contribution in [0.3, 0.4) is 0 Å². The van der Waals surface area contributed by atoms with Crippen molar-refractivity contribution in [2.75, 3.05) is 5.32 Å². The van der Waals surface area contributed by atoms with Crippen LogP contribution in [0.1, 0.15) is 72.3 Å². The monoisotopic (exact) mass is 331 g/mol. The zero-order valence-electron chi connectivity index (χ0n) is 16.0. The third kappa shape index (κ3) is 4.12. The van der Waals surface area contributed by atoms with E-state index in [0.717, 1.165) is 24.9 Å². The molecule has 0 amide bonds. The van der Waals surface area contributed by atoms with Crippen LogP contribution in [0.4, 0.5) is 5.69 Å². The van der Waals surface area contributed by atoms with Gasteiger partial charge in [-0.05, 0) is 41.2 Å². The second kappa shape index (κ2) is 6.78. The van der Waals surface area contributed by atoms with Crippen molar-refractivity contribution in [3.63, 3.8) is 0 Å². The lowest BCUT2D eigenvalue weighted by atomic mass is 9.71. The van der Waals surface area contributed by atoms with Crippen LogP contribution in [0.2, 0.25) is 0 Å². The lowest BCUT2D eigenvalue weighted by molar-refractivity contribution is -0.142. The number of carbonyl (C=O) groups is 1. The Kier molecular flexibility index (Phi) is 5.31. The molecular weight excluding hydrogens is 298 g/mol. The van der Waals surface area contributed by atoms with E-state index in [0.29, 0.717) is 0 Å². The van der Waals surface area contributed by atoms with Crippen LogP contribution in [0.25, 0.3) is 0 Å². The summed E-state index contributed by atoms with van der Waals surface area (Å²) < 4.78 is 0. The van der Waals surface area contributed by atoms with E-state index in [4.69, 9.17) is 0 Å². The SMILES string of the molecule is CC(C)(C)C(Nc1ccccc1[C@H]1CCC[C@H]1C(=O)O)C(C)(C)C. The molecule has 1 fully saturated rings. The van der Waals surface area contributed by atoms with Gasteiger partial charge in [0.15, 0.2) is 0 Å². The number of hydrogen-bond acceptors (Lipinski definition) is 2. The number of carboxylic acid groups (broad SMARTS) is 1. The molecule has 0 aromatic heterocycles. The van der Waals surface area contributed by atoms with E-state index >= 15 is 0 Å². The van der Waals surface area contributed by atoms with E-state index < -0.39 is 5.97 Å². The first-order chi connectivity index (χ1) is 11.0. The Hall–Kier alpha value is -1.51. The van der Waals surface area contributed by atoms with Gasteiger partial charge in [0.05, 0.1) is 5.92 Å². The number of nitrogens with one attached hydrogen (secondary N) is 1. The van der Waals surface area contributed by atoms with E-state index in [-0.39, 0.29) is 28.7 Å². The molecule has 2 N–H and O–H groups in total. The van der Waals surface area contributed by atoms with E-state index in [1.165, 1.54) is 5.56 Å². The summed E-state index contributed by atoms with van der Waals surface area (Å²) in [7, 11) is 0. The Bertz CT molecular complexity index is 566. The smallest absolute Gasteiger partial charge is 0.307 e. The molecule has 3 heteroatoms. The van der Waals surface area contributed by atoms with E-state index in [2.05, 4.69) is 59.0 Å². The molecule has 0 aliphatic heterocycles. The summed E-state index contributed by atoms with van der Waals surface area (Å²) in [5.74, 6) is -0.794. The van der Waals surface area contributed by atoms with Crippen LogP contribution in [0.5, 0.6) is 0 Å². The molecule has 2 atom stereocenters. The number of benzene rings is 1. The molecule has 3 nitrogen and oxygen atoms in total. The summed E-state index contributed by atoms with van der Waals surface area (Å²) in [5, 5.41) is 13.3. The first-order valence-corrected chi connectivity index (χ1v) is 9.10. The third-order valence-corrected chi connectivity index (χ3v) is 5.23. The van der Waals surface area contributed by atoms with Crippen molar-refractivity contribution in [2.45, 2.75) is 72.8 Å². The van der Waals surface area contributed by atoms with Crippen LogP contribution in [-0.2, 0) is 4.79 Å². The van der Waals surface area contributed by atoms with Crippen LogP contribution in [0, 0.1) is 16.7 Å². The van der Waals surface area contributed by atoms with Crippen molar-refractivity contribution >= 4 is 11.7 Å². The summed E-state index contributed by atoms with van der Waals surface area (Å²) in [6, 6.07) is 8.57. The number of carboxylic acids is 1. The number of hydrogen-bond donors (Lipinski definition) is 2. The van der Waals surface area contributed by atoms with Gasteiger partial charge < -0.3 is 10.4 Å². The third-order valence-electron chi connectivity index (χ3n) is 5.23. The molecule has 0 radical (unpaired) electrons. The fraction of sp³-hybridized carbons (Fsp3) is 0.667. The second-order valence-electron chi connectivity index (χ2n) is 9.38. The van der Waals surface area contributed by atoms with Gasteiger partial charge in [-0.25, -0.2) is 0 Å². The van der Waals surface area contributed by atoms with E-state index in [1.54, 1.807) is 0 Å². The Morgan fingerprint density at radius 2 is 1.67 bits per heavy atom. The standard InChI is InChI=1S/C21H33NO2/c1-20(2,3)19(21(4,5)6)22-17-13-8-7-10-15(17)14-11-9-12-16(14)18(23)24/h7-8,10,13-14,16,19,22H,9,11-12H2,1-6H3,(H,23,24)/t14-,16-/m1/s1. The number of aliphatic carboxylic acids is 1. The second-order valence-corrected chi connectivity index (χ2v) is 9.38. The zero-order valence-corrected chi connectivity index (χ0v) is 16.0. The molecule has 1 aromatic carbocycles. The predicted octanol–water partition coefficient (Wildman–Crippen LogP) is 5.53. The maximum absolute atomic E-state index is 11.6. The summed E-state index contributed by atoms with van der Waals surface area (Å²) >= 11 is 0. The average molecular weight is 332 g/mol. The van der Waals surface area contributed by atoms with E-state index in [1.807, 2.05) is 12.1 Å². The van der Waals surface area contributed by atoms with Crippen LogP contribution in [-0.4, -0.2) is 17.1 Å². The fourth-order valence-electron chi connectivity index (χ4n) is 4.47. The molecule has 0 heterocycles. The van der Waals surface area contributed by atoms with Crippen molar-refractivity contribution < 1.29 is 9.90 Å². The maximum atomic E-state index is 11.6. The molecule has 0 bridgehead atoms. The molecule has 1 saturated carbocycles. The van der Waals surface area contributed by atoms with Crippen molar-refractivity contribution in [3.8, 4) is 0 Å². The Balaban J connectivity index is 2.37. The highest BCUT2D eigenvalue weighted by Gasteiger charge is 2.38. The van der Waals surface area contributed by atoms with Gasteiger partial charge in [-0.2, -0.15) is 0 Å². The Morgan fingerprint density at radius 3 is 2.21 bits per heavy atom. The fourth-order valence-corrected chi connectivity index (χ4v) is 4.47. The molecular formula is C21H33NO2. The Morgan fingerprint density at radius 1 is 1.08 bits per heavy atom. The zero-order chi connectivity index (χ0) is 18.1. The molecule has 1 aromatic rings. The van der Waals surface area contributed by atoms with Gasteiger partial charge in [0.25, 0.3) is 0 Å².